The molecule has 0 aliphatic heterocycles. The lowest BCUT2D eigenvalue weighted by atomic mass is 10.3. The Bertz CT molecular complexity index is 1080. The van der Waals surface area contributed by atoms with Gasteiger partial charge in [-0.1, -0.05) is 29.8 Å². The number of pyridine rings is 1. The third-order valence-electron chi connectivity index (χ3n) is 3.72. The van der Waals surface area contributed by atoms with E-state index in [0.717, 1.165) is 4.90 Å². The first-order valence-corrected chi connectivity index (χ1v) is 9.61. The molecule has 0 saturated carbocycles. The summed E-state index contributed by atoms with van der Waals surface area (Å²) in [6.07, 6.45) is 0.221. The van der Waals surface area contributed by atoms with Crippen molar-refractivity contribution in [3.05, 3.63) is 65.4 Å². The molecule has 1 aromatic carbocycles. The van der Waals surface area contributed by atoms with Gasteiger partial charge in [0.1, 0.15) is 0 Å². The molecule has 2 heterocycles. The van der Waals surface area contributed by atoms with Crippen LogP contribution in [0, 0.1) is 0 Å². The van der Waals surface area contributed by atoms with Crippen LogP contribution in [0.3, 0.4) is 0 Å². The van der Waals surface area contributed by atoms with Gasteiger partial charge in [0.05, 0.1) is 22.9 Å². The smallest absolute Gasteiger partial charge is 0.407 e. The number of aromatic nitrogens is 3. The Hall–Kier alpha value is -2.91. The maximum absolute atomic E-state index is 13.1. The number of hydrogen-bond donors (Lipinski definition) is 1. The van der Waals surface area contributed by atoms with Crippen LogP contribution in [0.2, 0.25) is 5.02 Å². The summed E-state index contributed by atoms with van der Waals surface area (Å²) in [7, 11) is -2.64. The van der Waals surface area contributed by atoms with E-state index in [4.69, 9.17) is 16.7 Å². The summed E-state index contributed by atoms with van der Waals surface area (Å²) < 4.78 is 27.3. The number of amides is 1. The standard InChI is InChI=1S/C17H15ClN4O4S/c1-21(17(23)24)11-12-10-16(27(25,26)15-8-4-5-9-19-15)22(20-12)14-7-3-2-6-13(14)18/h2-10H,11H2,1H3,(H,23,24). The predicted molar refractivity (Wildman–Crippen MR) is 97.8 cm³/mol. The van der Waals surface area contributed by atoms with Crippen LogP contribution in [0.25, 0.3) is 5.69 Å². The maximum atomic E-state index is 13.1. The fraction of sp³-hybridized carbons (Fsp3) is 0.118. The minimum absolute atomic E-state index is 0.0858. The van der Waals surface area contributed by atoms with Crippen molar-refractivity contribution in [2.24, 2.45) is 0 Å². The molecule has 140 valence electrons. The van der Waals surface area contributed by atoms with Crippen molar-refractivity contribution in [3.8, 4) is 5.69 Å². The molecule has 10 heteroatoms. The highest BCUT2D eigenvalue weighted by Crippen LogP contribution is 2.27. The molecule has 0 aliphatic rings. The summed E-state index contributed by atoms with van der Waals surface area (Å²) in [6.45, 7) is -0.0858. The molecule has 27 heavy (non-hydrogen) atoms. The van der Waals surface area contributed by atoms with Crippen LogP contribution >= 0.6 is 11.6 Å². The number of benzene rings is 1. The van der Waals surface area contributed by atoms with Crippen LogP contribution in [0.15, 0.2) is 64.8 Å². The van der Waals surface area contributed by atoms with E-state index in [0.29, 0.717) is 10.7 Å². The Labute approximate surface area is 160 Å². The number of sulfone groups is 1. The van der Waals surface area contributed by atoms with Crippen molar-refractivity contribution in [3.63, 3.8) is 0 Å². The average molecular weight is 407 g/mol. The summed E-state index contributed by atoms with van der Waals surface area (Å²) in [4.78, 5) is 16.0. The summed E-state index contributed by atoms with van der Waals surface area (Å²) >= 11 is 6.22. The summed E-state index contributed by atoms with van der Waals surface area (Å²) in [6, 6.07) is 12.5. The Kier molecular flexibility index (Phi) is 5.15. The van der Waals surface area contributed by atoms with E-state index < -0.39 is 15.9 Å². The quantitative estimate of drug-likeness (QED) is 0.698. The molecule has 1 N–H and O–H groups in total. The van der Waals surface area contributed by atoms with Gasteiger partial charge in [0.15, 0.2) is 10.1 Å². The second-order valence-corrected chi connectivity index (χ2v) is 7.90. The van der Waals surface area contributed by atoms with Crippen molar-refractivity contribution in [2.75, 3.05) is 7.05 Å². The molecule has 0 bridgehead atoms. The molecular formula is C17H15ClN4O4S. The van der Waals surface area contributed by atoms with Crippen molar-refractivity contribution in [1.82, 2.24) is 19.7 Å². The van der Waals surface area contributed by atoms with Crippen molar-refractivity contribution < 1.29 is 18.3 Å². The summed E-state index contributed by atoms with van der Waals surface area (Å²) in [5, 5.41) is 13.3. The van der Waals surface area contributed by atoms with Crippen LogP contribution in [0.1, 0.15) is 5.69 Å². The molecule has 0 aliphatic carbocycles. The van der Waals surface area contributed by atoms with Gasteiger partial charge in [-0.2, -0.15) is 5.10 Å². The number of carboxylic acid groups (broad SMARTS) is 1. The number of halogens is 1. The third-order valence-corrected chi connectivity index (χ3v) is 5.68. The molecule has 0 atom stereocenters. The molecule has 3 rings (SSSR count). The van der Waals surface area contributed by atoms with Gasteiger partial charge < -0.3 is 10.0 Å². The molecule has 3 aromatic rings. The van der Waals surface area contributed by atoms with Crippen LogP contribution in [-0.2, 0) is 16.4 Å². The topological polar surface area (TPSA) is 105 Å². The molecule has 2 aromatic heterocycles. The normalized spacial score (nSPS) is 11.3. The van der Waals surface area contributed by atoms with Gasteiger partial charge in [0.25, 0.3) is 0 Å². The minimum Gasteiger partial charge on any atom is -0.465 e. The third kappa shape index (κ3) is 3.79. The monoisotopic (exact) mass is 406 g/mol. The van der Waals surface area contributed by atoms with E-state index in [1.54, 1.807) is 36.4 Å². The molecule has 1 amide bonds. The van der Waals surface area contributed by atoms with E-state index in [1.807, 2.05) is 0 Å². The van der Waals surface area contributed by atoms with E-state index in [9.17, 15) is 13.2 Å². The predicted octanol–water partition coefficient (Wildman–Crippen LogP) is 2.86. The van der Waals surface area contributed by atoms with Gasteiger partial charge in [0.2, 0.25) is 9.84 Å². The van der Waals surface area contributed by atoms with Crippen molar-refractivity contribution >= 4 is 27.5 Å². The highest BCUT2D eigenvalue weighted by Gasteiger charge is 2.27. The first-order valence-electron chi connectivity index (χ1n) is 7.74. The van der Waals surface area contributed by atoms with E-state index in [-0.39, 0.29) is 22.3 Å². The first kappa shape index (κ1) is 18.9. The van der Waals surface area contributed by atoms with Crippen LogP contribution in [-0.4, -0.2) is 46.3 Å². The largest absolute Gasteiger partial charge is 0.465 e. The zero-order chi connectivity index (χ0) is 19.6. The highest BCUT2D eigenvalue weighted by molar-refractivity contribution is 7.91. The van der Waals surface area contributed by atoms with Gasteiger partial charge in [-0.3, -0.25) is 0 Å². The Balaban J connectivity index is 2.18. The number of rotatable bonds is 5. The molecule has 0 radical (unpaired) electrons. The molecule has 0 fully saturated rings. The van der Waals surface area contributed by atoms with Crippen LogP contribution < -0.4 is 0 Å². The zero-order valence-electron chi connectivity index (χ0n) is 14.2. The Morgan fingerprint density at radius 2 is 1.93 bits per heavy atom. The van der Waals surface area contributed by atoms with Crippen molar-refractivity contribution in [2.45, 2.75) is 16.6 Å². The number of hydrogen-bond acceptors (Lipinski definition) is 5. The lowest BCUT2D eigenvalue weighted by Crippen LogP contribution is -2.24. The molecule has 0 spiro atoms. The minimum atomic E-state index is -4.00. The van der Waals surface area contributed by atoms with Gasteiger partial charge in [-0.25, -0.2) is 22.9 Å². The average Bonchev–Trinajstić information content (AvgIpc) is 3.07. The lowest BCUT2D eigenvalue weighted by Gasteiger charge is -2.10. The van der Waals surface area contributed by atoms with Gasteiger partial charge in [-0.15, -0.1) is 0 Å². The van der Waals surface area contributed by atoms with E-state index in [1.165, 1.54) is 30.1 Å². The summed E-state index contributed by atoms with van der Waals surface area (Å²) in [5.74, 6) is 0. The maximum Gasteiger partial charge on any atom is 0.407 e. The second kappa shape index (κ2) is 7.37. The van der Waals surface area contributed by atoms with Crippen LogP contribution in [0.4, 0.5) is 4.79 Å². The molecular weight excluding hydrogens is 392 g/mol. The number of para-hydroxylation sites is 1. The summed E-state index contributed by atoms with van der Waals surface area (Å²) in [5.41, 5.74) is 0.618. The number of carbonyl (C=O) groups is 1. The second-order valence-electron chi connectivity index (χ2n) is 5.65. The van der Waals surface area contributed by atoms with Crippen LogP contribution in [0.5, 0.6) is 0 Å². The molecule has 0 unspecified atom stereocenters. The first-order chi connectivity index (χ1) is 12.8. The Morgan fingerprint density at radius 3 is 2.56 bits per heavy atom. The molecule has 8 nitrogen and oxygen atoms in total. The Morgan fingerprint density at radius 1 is 1.22 bits per heavy atom. The fourth-order valence-electron chi connectivity index (χ4n) is 2.40. The SMILES string of the molecule is CN(Cc1cc(S(=O)(=O)c2ccccn2)n(-c2ccccc2Cl)n1)C(=O)O. The van der Waals surface area contributed by atoms with Gasteiger partial charge >= 0.3 is 6.09 Å². The van der Waals surface area contributed by atoms with Gasteiger partial charge in [0, 0.05) is 19.3 Å². The van der Waals surface area contributed by atoms with Crippen molar-refractivity contribution in [1.29, 1.82) is 0 Å². The zero-order valence-corrected chi connectivity index (χ0v) is 15.7. The highest BCUT2D eigenvalue weighted by atomic mass is 35.5. The van der Waals surface area contributed by atoms with E-state index in [2.05, 4.69) is 10.1 Å². The lowest BCUT2D eigenvalue weighted by molar-refractivity contribution is 0.153. The fourth-order valence-corrected chi connectivity index (χ4v) is 3.94. The number of nitrogens with zero attached hydrogens (tertiary/aromatic N) is 4. The van der Waals surface area contributed by atoms with E-state index >= 15 is 0 Å². The van der Waals surface area contributed by atoms with Gasteiger partial charge in [-0.05, 0) is 24.3 Å². The molecule has 0 saturated heterocycles.